The standard InChI is InChI=1S/C22H21N5O2S/c1-14-9-11-18(12-10-14)27-16(3)20(15(2)26-27)23-19(28)13-30-22-25-24-21(29-22)17-7-5-4-6-8-17/h4-12H,13H2,1-3H3,(H,23,28). The highest BCUT2D eigenvalue weighted by atomic mass is 32.2. The number of carbonyl (C=O) groups excluding carboxylic acids is 1. The van der Waals surface area contributed by atoms with Gasteiger partial charge in [-0.3, -0.25) is 4.79 Å². The summed E-state index contributed by atoms with van der Waals surface area (Å²) < 4.78 is 7.47. The van der Waals surface area contributed by atoms with Gasteiger partial charge in [0.1, 0.15) is 0 Å². The number of carbonyl (C=O) groups is 1. The van der Waals surface area contributed by atoms with Crippen molar-refractivity contribution in [3.05, 3.63) is 71.5 Å². The Kier molecular flexibility index (Phi) is 5.67. The second kappa shape index (κ2) is 8.54. The molecule has 4 aromatic rings. The molecule has 0 aliphatic heterocycles. The topological polar surface area (TPSA) is 85.8 Å². The monoisotopic (exact) mass is 419 g/mol. The van der Waals surface area contributed by atoms with E-state index in [9.17, 15) is 4.79 Å². The molecule has 0 saturated carbocycles. The highest BCUT2D eigenvalue weighted by Crippen LogP contribution is 2.25. The predicted octanol–water partition coefficient (Wildman–Crippen LogP) is 4.58. The molecule has 0 spiro atoms. The zero-order valence-electron chi connectivity index (χ0n) is 16.9. The number of rotatable bonds is 6. The second-order valence-corrected chi connectivity index (χ2v) is 7.80. The molecule has 1 amide bonds. The molecule has 2 aromatic carbocycles. The van der Waals surface area contributed by atoms with E-state index in [0.717, 1.165) is 28.3 Å². The Hall–Kier alpha value is -3.39. The van der Waals surface area contributed by atoms with Crippen molar-refractivity contribution in [2.75, 3.05) is 11.1 Å². The number of amides is 1. The maximum atomic E-state index is 12.5. The zero-order valence-corrected chi connectivity index (χ0v) is 17.7. The largest absolute Gasteiger partial charge is 0.411 e. The van der Waals surface area contributed by atoms with Gasteiger partial charge >= 0.3 is 0 Å². The van der Waals surface area contributed by atoms with E-state index < -0.39 is 0 Å². The number of aromatic nitrogens is 4. The highest BCUT2D eigenvalue weighted by molar-refractivity contribution is 7.99. The van der Waals surface area contributed by atoms with Crippen LogP contribution in [-0.4, -0.2) is 31.6 Å². The molecule has 30 heavy (non-hydrogen) atoms. The van der Waals surface area contributed by atoms with Crippen molar-refractivity contribution in [2.24, 2.45) is 0 Å². The van der Waals surface area contributed by atoms with Crippen molar-refractivity contribution < 1.29 is 9.21 Å². The minimum absolute atomic E-state index is 0.158. The lowest BCUT2D eigenvalue weighted by Crippen LogP contribution is -2.15. The summed E-state index contributed by atoms with van der Waals surface area (Å²) >= 11 is 1.20. The van der Waals surface area contributed by atoms with Crippen molar-refractivity contribution in [3.63, 3.8) is 0 Å². The normalized spacial score (nSPS) is 10.9. The fourth-order valence-electron chi connectivity index (χ4n) is 3.03. The summed E-state index contributed by atoms with van der Waals surface area (Å²) in [7, 11) is 0. The first-order valence-corrected chi connectivity index (χ1v) is 10.4. The first-order chi connectivity index (χ1) is 14.5. The Bertz CT molecular complexity index is 1170. The molecular weight excluding hydrogens is 398 g/mol. The van der Waals surface area contributed by atoms with Crippen molar-refractivity contribution in [3.8, 4) is 17.1 Å². The van der Waals surface area contributed by atoms with E-state index >= 15 is 0 Å². The van der Waals surface area contributed by atoms with Crippen LogP contribution in [0.1, 0.15) is 17.0 Å². The van der Waals surface area contributed by atoms with E-state index in [0.29, 0.717) is 11.1 Å². The molecule has 0 bridgehead atoms. The van der Waals surface area contributed by atoms with Gasteiger partial charge in [-0.15, -0.1) is 10.2 Å². The third kappa shape index (κ3) is 4.28. The van der Waals surface area contributed by atoms with Gasteiger partial charge in [0.25, 0.3) is 5.22 Å². The molecule has 152 valence electrons. The third-order valence-electron chi connectivity index (χ3n) is 4.59. The molecule has 2 aromatic heterocycles. The molecular formula is C22H21N5O2S. The molecule has 4 rings (SSSR count). The number of hydrogen-bond acceptors (Lipinski definition) is 6. The SMILES string of the molecule is Cc1ccc(-n2nc(C)c(NC(=O)CSc3nnc(-c4ccccc4)o3)c2C)cc1. The predicted molar refractivity (Wildman–Crippen MR) is 117 cm³/mol. The summed E-state index contributed by atoms with van der Waals surface area (Å²) in [5, 5.41) is 15.9. The molecule has 0 radical (unpaired) electrons. The summed E-state index contributed by atoms with van der Waals surface area (Å²) in [6, 6.07) is 17.6. The van der Waals surface area contributed by atoms with Gasteiger partial charge in [0, 0.05) is 5.56 Å². The average Bonchev–Trinajstić information content (AvgIpc) is 3.34. The number of nitrogens with one attached hydrogen (secondary N) is 1. The Balaban J connectivity index is 1.41. The Morgan fingerprint density at radius 2 is 1.77 bits per heavy atom. The number of anilines is 1. The Morgan fingerprint density at radius 1 is 1.03 bits per heavy atom. The molecule has 0 atom stereocenters. The molecule has 0 saturated heterocycles. The van der Waals surface area contributed by atoms with Crippen molar-refractivity contribution in [1.29, 1.82) is 0 Å². The van der Waals surface area contributed by atoms with Crippen LogP contribution in [0.15, 0.2) is 64.2 Å². The maximum Gasteiger partial charge on any atom is 0.277 e. The van der Waals surface area contributed by atoms with Crippen LogP contribution in [0.25, 0.3) is 17.1 Å². The first-order valence-electron chi connectivity index (χ1n) is 9.46. The van der Waals surface area contributed by atoms with Crippen LogP contribution < -0.4 is 5.32 Å². The maximum absolute atomic E-state index is 12.5. The van der Waals surface area contributed by atoms with Crippen LogP contribution >= 0.6 is 11.8 Å². The van der Waals surface area contributed by atoms with Gasteiger partial charge in [0.15, 0.2) is 0 Å². The lowest BCUT2D eigenvalue weighted by molar-refractivity contribution is -0.113. The second-order valence-electron chi connectivity index (χ2n) is 6.87. The quantitative estimate of drug-likeness (QED) is 0.461. The molecule has 7 nitrogen and oxygen atoms in total. The van der Waals surface area contributed by atoms with E-state index in [1.165, 1.54) is 17.3 Å². The molecule has 1 N–H and O–H groups in total. The van der Waals surface area contributed by atoms with E-state index in [1.807, 2.05) is 80.1 Å². The Labute approximate surface area is 178 Å². The van der Waals surface area contributed by atoms with Crippen LogP contribution in [0.5, 0.6) is 0 Å². The number of benzene rings is 2. The zero-order chi connectivity index (χ0) is 21.1. The lowest BCUT2D eigenvalue weighted by Gasteiger charge is -2.07. The third-order valence-corrected chi connectivity index (χ3v) is 5.41. The van der Waals surface area contributed by atoms with E-state index in [2.05, 4.69) is 20.6 Å². The summed E-state index contributed by atoms with van der Waals surface area (Å²) in [4.78, 5) is 12.5. The van der Waals surface area contributed by atoms with Gasteiger partial charge in [-0.25, -0.2) is 4.68 Å². The molecule has 0 fully saturated rings. The van der Waals surface area contributed by atoms with Crippen molar-refractivity contribution in [1.82, 2.24) is 20.0 Å². The highest BCUT2D eigenvalue weighted by Gasteiger charge is 2.16. The van der Waals surface area contributed by atoms with Crippen molar-refractivity contribution >= 4 is 23.4 Å². The van der Waals surface area contributed by atoms with Crippen LogP contribution in [0, 0.1) is 20.8 Å². The summed E-state index contributed by atoms with van der Waals surface area (Å²) in [5.41, 5.74) is 5.33. The smallest absolute Gasteiger partial charge is 0.277 e. The van der Waals surface area contributed by atoms with Gasteiger partial charge in [0.05, 0.1) is 28.5 Å². The van der Waals surface area contributed by atoms with E-state index in [1.54, 1.807) is 0 Å². The average molecular weight is 420 g/mol. The van der Waals surface area contributed by atoms with E-state index in [4.69, 9.17) is 4.42 Å². The fraction of sp³-hybridized carbons (Fsp3) is 0.182. The molecule has 0 aliphatic rings. The first kappa shape index (κ1) is 19.9. The van der Waals surface area contributed by atoms with Gasteiger partial charge in [0.2, 0.25) is 11.8 Å². The van der Waals surface area contributed by atoms with E-state index in [-0.39, 0.29) is 11.7 Å². The fourth-order valence-corrected chi connectivity index (χ4v) is 3.59. The Morgan fingerprint density at radius 3 is 2.50 bits per heavy atom. The van der Waals surface area contributed by atoms with Gasteiger partial charge in [-0.1, -0.05) is 47.7 Å². The summed E-state index contributed by atoms with van der Waals surface area (Å²) in [6.07, 6.45) is 0. The van der Waals surface area contributed by atoms with Crippen molar-refractivity contribution in [2.45, 2.75) is 26.0 Å². The van der Waals surface area contributed by atoms with Crippen LogP contribution in [0.4, 0.5) is 5.69 Å². The summed E-state index contributed by atoms with van der Waals surface area (Å²) in [6.45, 7) is 5.86. The molecule has 0 aliphatic carbocycles. The number of nitrogens with zero attached hydrogens (tertiary/aromatic N) is 4. The summed E-state index contributed by atoms with van der Waals surface area (Å²) in [5.74, 6) is 0.434. The van der Waals surface area contributed by atoms with Crippen LogP contribution in [0.2, 0.25) is 0 Å². The van der Waals surface area contributed by atoms with Gasteiger partial charge < -0.3 is 9.73 Å². The van der Waals surface area contributed by atoms with Crippen LogP contribution in [-0.2, 0) is 4.79 Å². The lowest BCUT2D eigenvalue weighted by atomic mass is 10.2. The number of aryl methyl sites for hydroxylation is 2. The molecule has 8 heteroatoms. The van der Waals surface area contributed by atoms with Gasteiger partial charge in [-0.2, -0.15) is 5.10 Å². The number of hydrogen-bond donors (Lipinski definition) is 1. The molecule has 0 unspecified atom stereocenters. The minimum atomic E-state index is -0.158. The minimum Gasteiger partial charge on any atom is -0.411 e. The van der Waals surface area contributed by atoms with Gasteiger partial charge in [-0.05, 0) is 45.0 Å². The van der Waals surface area contributed by atoms with Crippen LogP contribution in [0.3, 0.4) is 0 Å². The molecule has 2 heterocycles. The number of thioether (sulfide) groups is 1.